The van der Waals surface area contributed by atoms with Gasteiger partial charge in [-0.05, 0) is 31.4 Å². The molecule has 0 fully saturated rings. The van der Waals surface area contributed by atoms with E-state index >= 15 is 0 Å². The maximum Gasteiger partial charge on any atom is 0.258 e. The van der Waals surface area contributed by atoms with Gasteiger partial charge in [-0.15, -0.1) is 0 Å². The summed E-state index contributed by atoms with van der Waals surface area (Å²) in [6.45, 7) is 2.57. The maximum atomic E-state index is 12.0. The number of aliphatic hydroxyl groups is 1. The van der Waals surface area contributed by atoms with Gasteiger partial charge in [-0.2, -0.15) is 11.8 Å². The van der Waals surface area contributed by atoms with Crippen molar-refractivity contribution in [3.63, 3.8) is 0 Å². The molecular formula is C14H18ClN3O2S. The number of halogens is 1. The highest BCUT2D eigenvalue weighted by Crippen LogP contribution is 2.14. The summed E-state index contributed by atoms with van der Waals surface area (Å²) < 4.78 is 0. The molecule has 1 atom stereocenters. The van der Waals surface area contributed by atoms with Gasteiger partial charge in [0.15, 0.2) is 0 Å². The number of hydrogen-bond donors (Lipinski definition) is 3. The van der Waals surface area contributed by atoms with Crippen LogP contribution < -0.4 is 10.9 Å². The molecule has 1 aromatic carbocycles. The maximum absolute atomic E-state index is 12.0. The number of thioether (sulfide) groups is 1. The molecule has 0 radical (unpaired) electrons. The number of nitrogens with one attached hydrogen (secondary N) is 2. The number of benzene rings is 1. The standard InChI is InChI=1S/C14H18ClN3O2S/c1-14(20,8-21-2)7-16-6-12-17-11-5-9(15)3-4-10(11)13(19)18-12/h3-5,16,20H,6-8H2,1-2H3,(H,17,18,19). The third-order valence-corrected chi connectivity index (χ3v) is 4.12. The lowest BCUT2D eigenvalue weighted by Crippen LogP contribution is -2.40. The molecule has 0 bridgehead atoms. The van der Waals surface area contributed by atoms with Gasteiger partial charge >= 0.3 is 0 Å². The van der Waals surface area contributed by atoms with Crippen LogP contribution in [0, 0.1) is 0 Å². The highest BCUT2D eigenvalue weighted by molar-refractivity contribution is 7.98. The quantitative estimate of drug-likeness (QED) is 0.754. The molecule has 21 heavy (non-hydrogen) atoms. The van der Waals surface area contributed by atoms with Gasteiger partial charge in [0.25, 0.3) is 5.56 Å². The van der Waals surface area contributed by atoms with Crippen LogP contribution in [0.25, 0.3) is 10.9 Å². The Morgan fingerprint density at radius 2 is 2.29 bits per heavy atom. The van der Waals surface area contributed by atoms with E-state index in [0.717, 1.165) is 0 Å². The van der Waals surface area contributed by atoms with Crippen molar-refractivity contribution in [1.29, 1.82) is 0 Å². The SMILES string of the molecule is CSCC(C)(O)CNCc1nc2cc(Cl)ccc2c(=O)[nH]1. The van der Waals surface area contributed by atoms with E-state index in [4.69, 9.17) is 11.6 Å². The average Bonchev–Trinajstić information content (AvgIpc) is 2.37. The van der Waals surface area contributed by atoms with Crippen LogP contribution in [0.15, 0.2) is 23.0 Å². The van der Waals surface area contributed by atoms with Crippen LogP contribution in [0.1, 0.15) is 12.7 Å². The molecule has 7 heteroatoms. The summed E-state index contributed by atoms with van der Waals surface area (Å²) in [6.07, 6.45) is 1.95. The minimum absolute atomic E-state index is 0.190. The number of hydrogen-bond acceptors (Lipinski definition) is 5. The summed E-state index contributed by atoms with van der Waals surface area (Å²) in [5.41, 5.74) is -0.414. The number of H-pyrrole nitrogens is 1. The van der Waals surface area contributed by atoms with E-state index in [0.29, 0.717) is 40.6 Å². The zero-order valence-electron chi connectivity index (χ0n) is 11.9. The minimum atomic E-state index is -0.792. The highest BCUT2D eigenvalue weighted by atomic mass is 35.5. The first-order valence-electron chi connectivity index (χ1n) is 6.52. The molecule has 5 nitrogen and oxygen atoms in total. The van der Waals surface area contributed by atoms with Crippen molar-refractivity contribution >= 4 is 34.3 Å². The van der Waals surface area contributed by atoms with Crippen molar-refractivity contribution in [2.75, 3.05) is 18.6 Å². The van der Waals surface area contributed by atoms with Gasteiger partial charge in [0.1, 0.15) is 5.82 Å². The summed E-state index contributed by atoms with van der Waals surface area (Å²) in [4.78, 5) is 19.1. The molecule has 0 aliphatic carbocycles. The first-order chi connectivity index (χ1) is 9.91. The Bertz CT molecular complexity index is 687. The second-order valence-electron chi connectivity index (χ2n) is 5.21. The Kier molecular flexibility index (Phi) is 5.27. The average molecular weight is 328 g/mol. The number of fused-ring (bicyclic) bond motifs is 1. The minimum Gasteiger partial charge on any atom is -0.388 e. The molecule has 3 N–H and O–H groups in total. The second kappa shape index (κ2) is 6.79. The lowest BCUT2D eigenvalue weighted by Gasteiger charge is -2.22. The van der Waals surface area contributed by atoms with E-state index in [9.17, 15) is 9.90 Å². The predicted molar refractivity (Wildman–Crippen MR) is 88.1 cm³/mol. The van der Waals surface area contributed by atoms with E-state index < -0.39 is 5.60 Å². The van der Waals surface area contributed by atoms with Crippen LogP contribution in [0.2, 0.25) is 5.02 Å². The van der Waals surface area contributed by atoms with Gasteiger partial charge in [-0.1, -0.05) is 11.6 Å². The molecule has 114 valence electrons. The van der Waals surface area contributed by atoms with E-state index in [2.05, 4.69) is 15.3 Å². The van der Waals surface area contributed by atoms with Crippen molar-refractivity contribution in [2.24, 2.45) is 0 Å². The normalized spacial score (nSPS) is 14.3. The zero-order valence-corrected chi connectivity index (χ0v) is 13.5. The van der Waals surface area contributed by atoms with E-state index in [1.54, 1.807) is 36.9 Å². The van der Waals surface area contributed by atoms with Crippen molar-refractivity contribution < 1.29 is 5.11 Å². The molecule has 0 spiro atoms. The second-order valence-corrected chi connectivity index (χ2v) is 6.51. The van der Waals surface area contributed by atoms with Crippen molar-refractivity contribution in [3.05, 3.63) is 39.4 Å². The monoisotopic (exact) mass is 327 g/mol. The van der Waals surface area contributed by atoms with E-state index in [1.165, 1.54) is 0 Å². The molecule has 0 saturated heterocycles. The van der Waals surface area contributed by atoms with Gasteiger partial charge < -0.3 is 15.4 Å². The van der Waals surface area contributed by atoms with Crippen LogP contribution in [0.3, 0.4) is 0 Å². The first kappa shape index (κ1) is 16.3. The van der Waals surface area contributed by atoms with Crippen molar-refractivity contribution in [1.82, 2.24) is 15.3 Å². The molecule has 0 saturated carbocycles. The number of nitrogens with zero attached hydrogens (tertiary/aromatic N) is 1. The summed E-state index contributed by atoms with van der Waals surface area (Å²) in [5, 5.41) is 14.2. The Labute approximate surface area is 132 Å². The van der Waals surface area contributed by atoms with Gasteiger partial charge in [-0.3, -0.25) is 4.79 Å². The molecule has 1 heterocycles. The predicted octanol–water partition coefficient (Wildman–Crippen LogP) is 1.78. The van der Waals surface area contributed by atoms with Crippen LogP contribution in [-0.2, 0) is 6.54 Å². The zero-order chi connectivity index (χ0) is 15.5. The lowest BCUT2D eigenvalue weighted by molar-refractivity contribution is 0.0844. The fourth-order valence-electron chi connectivity index (χ4n) is 2.06. The first-order valence-corrected chi connectivity index (χ1v) is 8.29. The summed E-state index contributed by atoms with van der Waals surface area (Å²) in [5.74, 6) is 1.16. The Hall–Kier alpha value is -1.08. The fraction of sp³-hybridized carbons (Fsp3) is 0.429. The molecule has 2 rings (SSSR count). The molecule has 2 aromatic rings. The van der Waals surface area contributed by atoms with Crippen molar-refractivity contribution in [3.8, 4) is 0 Å². The molecule has 0 aliphatic heterocycles. The Balaban J connectivity index is 2.11. The number of aromatic nitrogens is 2. The lowest BCUT2D eigenvalue weighted by atomic mass is 10.1. The summed E-state index contributed by atoms with van der Waals surface area (Å²) >= 11 is 7.50. The van der Waals surface area contributed by atoms with Crippen LogP contribution in [0.4, 0.5) is 0 Å². The van der Waals surface area contributed by atoms with Crippen LogP contribution in [-0.4, -0.2) is 39.2 Å². The van der Waals surface area contributed by atoms with E-state index in [-0.39, 0.29) is 5.56 Å². The molecule has 1 unspecified atom stereocenters. The summed E-state index contributed by atoms with van der Waals surface area (Å²) in [6, 6.07) is 4.99. The van der Waals surface area contributed by atoms with E-state index in [1.807, 2.05) is 6.26 Å². The third-order valence-electron chi connectivity index (χ3n) is 2.97. The number of rotatable bonds is 6. The Morgan fingerprint density at radius 3 is 3.00 bits per heavy atom. The topological polar surface area (TPSA) is 78.0 Å². The fourth-order valence-corrected chi connectivity index (χ4v) is 2.95. The smallest absolute Gasteiger partial charge is 0.258 e. The van der Waals surface area contributed by atoms with Gasteiger partial charge in [0, 0.05) is 17.3 Å². The summed E-state index contributed by atoms with van der Waals surface area (Å²) in [7, 11) is 0. The van der Waals surface area contributed by atoms with Gasteiger partial charge in [0.05, 0.1) is 23.0 Å². The van der Waals surface area contributed by atoms with Crippen LogP contribution >= 0.6 is 23.4 Å². The molecule has 0 aliphatic rings. The molecular weight excluding hydrogens is 310 g/mol. The van der Waals surface area contributed by atoms with Gasteiger partial charge in [0.2, 0.25) is 0 Å². The third kappa shape index (κ3) is 4.44. The molecule has 0 amide bonds. The van der Waals surface area contributed by atoms with Crippen molar-refractivity contribution in [2.45, 2.75) is 19.1 Å². The van der Waals surface area contributed by atoms with Gasteiger partial charge in [-0.25, -0.2) is 4.98 Å². The van der Waals surface area contributed by atoms with Crippen LogP contribution in [0.5, 0.6) is 0 Å². The largest absolute Gasteiger partial charge is 0.388 e. The number of aromatic amines is 1. The highest BCUT2D eigenvalue weighted by Gasteiger charge is 2.18. The molecule has 1 aromatic heterocycles. The Morgan fingerprint density at radius 1 is 1.52 bits per heavy atom.